The van der Waals surface area contributed by atoms with Crippen molar-refractivity contribution in [2.75, 3.05) is 0 Å². The van der Waals surface area contributed by atoms with Gasteiger partial charge in [-0.2, -0.15) is 0 Å². The zero-order valence-corrected chi connectivity index (χ0v) is 14.0. The first-order valence-electron chi connectivity index (χ1n) is 1.57. The van der Waals surface area contributed by atoms with Crippen LogP contribution in [0.2, 0.25) is 0 Å². The van der Waals surface area contributed by atoms with Crippen LogP contribution in [0.25, 0.3) is 0 Å². The molecule has 0 atom stereocenters. The van der Waals surface area contributed by atoms with E-state index in [0.29, 0.717) is 0 Å². The molecule has 0 rings (SSSR count). The van der Waals surface area contributed by atoms with Crippen molar-refractivity contribution in [2.45, 2.75) is 0 Å². The molecule has 0 N–H and O–H groups in total. The molecule has 0 aromatic heterocycles. The summed E-state index contributed by atoms with van der Waals surface area (Å²) in [5, 5.41) is 0. The topological polar surface area (TPSA) is 139 Å². The molecule has 0 unspecified atom stereocenters. The summed E-state index contributed by atoms with van der Waals surface area (Å²) in [5.74, 6) is 0. The maximum absolute atomic E-state index is 9.46. The van der Waals surface area contributed by atoms with Crippen LogP contribution in [0.5, 0.6) is 0 Å². The monoisotopic (exact) mass is 266 g/mol. The van der Waals surface area contributed by atoms with Crippen LogP contribution in [-0.4, -0.2) is 25.9 Å². The third-order valence-corrected chi connectivity index (χ3v) is 0.900. The Bertz CT molecular complexity index is 291. The molecule has 0 aromatic rings. The largest absolute Gasteiger partial charge is 1.00 e. The first-order chi connectivity index (χ1) is 4.21. The molecular weight excluding hydrogens is 266 g/mol. The van der Waals surface area contributed by atoms with E-state index in [0.717, 1.165) is 0 Å². The number of nitrogens with zero attached hydrogens (tertiary/aromatic N) is 2. The van der Waals surface area contributed by atoms with E-state index >= 15 is 0 Å². The van der Waals surface area contributed by atoms with Gasteiger partial charge in [0.1, 0.15) is 0 Å². The number of hydrogen-bond acceptors (Lipinski definition) is 6. The second-order valence-corrected chi connectivity index (χ2v) is 3.06. The van der Waals surface area contributed by atoms with Crippen LogP contribution < -0.4 is 103 Å². The fraction of sp³-hybridized carbons (Fsp3) is 0. The minimum absolute atomic E-state index is 0. The Morgan fingerprint density at radius 2 is 0.917 bits per heavy atom. The third-order valence-electron chi connectivity index (χ3n) is 0.233. The van der Waals surface area contributed by atoms with Crippen LogP contribution in [-0.2, 0) is 20.6 Å². The number of hydrogen-bond donors (Lipinski definition) is 0. The Hall–Kier alpha value is 2.69. The van der Waals surface area contributed by atoms with E-state index in [2.05, 4.69) is 0 Å². The Kier molecular flexibility index (Phi) is 13.3. The van der Waals surface area contributed by atoms with Crippen molar-refractivity contribution in [3.8, 4) is 0 Å². The Labute approximate surface area is 154 Å². The maximum atomic E-state index is 9.46. The third kappa shape index (κ3) is 18.5. The van der Waals surface area contributed by atoms with Gasteiger partial charge in [0.25, 0.3) is 0 Å². The summed E-state index contributed by atoms with van der Waals surface area (Å²) in [6.07, 6.45) is 0. The molecule has 0 aliphatic heterocycles. The SMILES string of the molecule is O=S(=O)([O-])N=NS(=O)(=O)[O-].[K+].[K+]. The molecule has 0 aromatic carbocycles. The van der Waals surface area contributed by atoms with E-state index in [1.807, 2.05) is 0 Å². The van der Waals surface area contributed by atoms with Crippen molar-refractivity contribution in [2.24, 2.45) is 9.04 Å². The van der Waals surface area contributed by atoms with Crippen LogP contribution in [0.3, 0.4) is 0 Å². The Morgan fingerprint density at radius 3 is 1.00 bits per heavy atom. The van der Waals surface area contributed by atoms with Crippen molar-refractivity contribution >= 4 is 20.6 Å². The summed E-state index contributed by atoms with van der Waals surface area (Å²) < 4.78 is 60.1. The summed E-state index contributed by atoms with van der Waals surface area (Å²) in [5.41, 5.74) is 0. The van der Waals surface area contributed by atoms with Crippen molar-refractivity contribution in [1.82, 2.24) is 0 Å². The fourth-order valence-electron chi connectivity index (χ4n) is 0.0816. The fourth-order valence-corrected chi connectivity index (χ4v) is 0.735. The van der Waals surface area contributed by atoms with E-state index < -0.39 is 20.6 Å². The van der Waals surface area contributed by atoms with Gasteiger partial charge in [-0.1, -0.05) is 9.04 Å². The zero-order chi connectivity index (χ0) is 8.41. The van der Waals surface area contributed by atoms with Gasteiger partial charge in [0.05, 0.1) is 0 Å². The van der Waals surface area contributed by atoms with Gasteiger partial charge in [0.2, 0.25) is 20.6 Å². The molecule has 0 amide bonds. The summed E-state index contributed by atoms with van der Waals surface area (Å²) >= 11 is 0. The Balaban J connectivity index is -0.000000405. The second kappa shape index (κ2) is 7.92. The summed E-state index contributed by atoms with van der Waals surface area (Å²) in [6.45, 7) is 0. The molecule has 8 nitrogen and oxygen atoms in total. The normalized spacial score (nSPS) is 11.8. The number of rotatable bonds is 2. The van der Waals surface area contributed by atoms with E-state index in [9.17, 15) is 25.9 Å². The molecule has 0 aliphatic carbocycles. The Morgan fingerprint density at radius 1 is 0.750 bits per heavy atom. The molecule has 0 saturated heterocycles. The van der Waals surface area contributed by atoms with Crippen molar-refractivity contribution in [1.29, 1.82) is 0 Å². The average molecular weight is 266 g/mol. The summed E-state index contributed by atoms with van der Waals surface area (Å²) in [6, 6.07) is 0. The molecule has 0 spiro atoms. The van der Waals surface area contributed by atoms with Gasteiger partial charge in [0.15, 0.2) is 0 Å². The molecule has 0 heterocycles. The molecule has 0 radical (unpaired) electrons. The van der Waals surface area contributed by atoms with Crippen LogP contribution in [0.4, 0.5) is 0 Å². The molecule has 12 heteroatoms. The molecule has 0 aliphatic rings. The van der Waals surface area contributed by atoms with E-state index in [1.54, 1.807) is 9.04 Å². The quantitative estimate of drug-likeness (QED) is 0.276. The molecule has 0 saturated carbocycles. The van der Waals surface area contributed by atoms with Crippen molar-refractivity contribution in [3.63, 3.8) is 0 Å². The van der Waals surface area contributed by atoms with E-state index in [4.69, 9.17) is 0 Å². The standard InChI is InChI=1S/2K.H2N2O6S2/c;;3-9(4,5)1-2-10(6,7)8/h;;(H,3,4,5)(H,6,7,8)/q2*+1;/p-2. The van der Waals surface area contributed by atoms with Crippen LogP contribution in [0, 0.1) is 0 Å². The summed E-state index contributed by atoms with van der Waals surface area (Å²) in [4.78, 5) is 0. The molecule has 0 fully saturated rings. The van der Waals surface area contributed by atoms with Crippen molar-refractivity contribution < 1.29 is 129 Å². The molecular formula is K2N2O6S2. The first-order valence-corrected chi connectivity index (χ1v) is 4.30. The molecule has 0 bridgehead atoms. The summed E-state index contributed by atoms with van der Waals surface area (Å²) in [7, 11) is -10.3. The van der Waals surface area contributed by atoms with Crippen LogP contribution >= 0.6 is 0 Å². The van der Waals surface area contributed by atoms with Gasteiger partial charge in [0, 0.05) is 0 Å². The molecule has 12 heavy (non-hydrogen) atoms. The smallest absolute Gasteiger partial charge is 0.728 e. The van der Waals surface area contributed by atoms with E-state index in [1.165, 1.54) is 0 Å². The van der Waals surface area contributed by atoms with Crippen molar-refractivity contribution in [3.05, 3.63) is 0 Å². The van der Waals surface area contributed by atoms with Crippen LogP contribution in [0.15, 0.2) is 9.04 Å². The van der Waals surface area contributed by atoms with Gasteiger partial charge >= 0.3 is 103 Å². The van der Waals surface area contributed by atoms with Crippen LogP contribution in [0.1, 0.15) is 0 Å². The van der Waals surface area contributed by atoms with Gasteiger partial charge in [-0.25, -0.2) is 16.8 Å². The van der Waals surface area contributed by atoms with Gasteiger partial charge in [-0.3, -0.25) is 0 Å². The minimum Gasteiger partial charge on any atom is -0.728 e. The van der Waals surface area contributed by atoms with E-state index in [-0.39, 0.29) is 103 Å². The predicted molar refractivity (Wildman–Crippen MR) is 24.3 cm³/mol. The second-order valence-electron chi connectivity index (χ2n) is 1.02. The van der Waals surface area contributed by atoms with Gasteiger partial charge in [-0.05, 0) is 0 Å². The maximum Gasteiger partial charge on any atom is 1.00 e. The molecule has 60 valence electrons. The van der Waals surface area contributed by atoms with Gasteiger partial charge < -0.3 is 9.11 Å². The average Bonchev–Trinajstić information content (AvgIpc) is 1.57. The van der Waals surface area contributed by atoms with Gasteiger partial charge in [-0.15, -0.1) is 0 Å². The first kappa shape index (κ1) is 20.1. The zero-order valence-electron chi connectivity index (χ0n) is 6.16. The minimum atomic E-state index is -5.13. The predicted octanol–water partition coefficient (Wildman–Crippen LogP) is -7.63.